The average molecular weight is 289 g/mol. The number of ether oxygens (including phenoxy) is 1. The number of nitrogens with one attached hydrogen (secondary N) is 1. The Morgan fingerprint density at radius 3 is 2.29 bits per heavy atom. The second-order valence-electron chi connectivity index (χ2n) is 6.49. The summed E-state index contributed by atoms with van der Waals surface area (Å²) in [6.45, 7) is 7.90. The second kappa shape index (κ2) is 6.01. The molecule has 1 aromatic heterocycles. The van der Waals surface area contributed by atoms with E-state index in [-0.39, 0.29) is 5.60 Å². The zero-order valence-electron chi connectivity index (χ0n) is 13.5. The summed E-state index contributed by atoms with van der Waals surface area (Å²) in [6.07, 6.45) is 7.16. The maximum Gasteiger partial charge on any atom is 0.160 e. The first-order valence-corrected chi connectivity index (χ1v) is 8.36. The molecule has 0 atom stereocenters. The molecule has 0 bridgehead atoms. The normalized spacial score (nSPS) is 20.9. The second-order valence-corrected chi connectivity index (χ2v) is 6.49. The number of nitrogens with zero attached hydrogens (tertiary/aromatic N) is 2. The molecule has 0 aliphatic heterocycles. The third-order valence-corrected chi connectivity index (χ3v) is 4.80. The molecule has 1 N–H and O–H groups in total. The molecule has 0 aromatic carbocycles. The SMILES string of the molecule is CCOC1(c2nc(C)c(CNC3CC3)c(C)n2)CCCC1. The molecule has 0 amide bonds. The fourth-order valence-electron chi connectivity index (χ4n) is 3.39. The maximum absolute atomic E-state index is 6.09. The van der Waals surface area contributed by atoms with E-state index in [0.29, 0.717) is 6.04 Å². The van der Waals surface area contributed by atoms with E-state index in [4.69, 9.17) is 14.7 Å². The Labute approximate surface area is 127 Å². The van der Waals surface area contributed by atoms with E-state index in [2.05, 4.69) is 26.1 Å². The summed E-state index contributed by atoms with van der Waals surface area (Å²) >= 11 is 0. The first-order chi connectivity index (χ1) is 10.1. The molecule has 4 nitrogen and oxygen atoms in total. The summed E-state index contributed by atoms with van der Waals surface area (Å²) < 4.78 is 6.09. The summed E-state index contributed by atoms with van der Waals surface area (Å²) in [5, 5.41) is 3.57. The van der Waals surface area contributed by atoms with E-state index in [1.807, 2.05) is 0 Å². The molecule has 21 heavy (non-hydrogen) atoms. The molecule has 3 rings (SSSR count). The van der Waals surface area contributed by atoms with Crippen LogP contribution in [0, 0.1) is 13.8 Å². The van der Waals surface area contributed by atoms with Crippen molar-refractivity contribution in [2.45, 2.75) is 77.5 Å². The first kappa shape index (κ1) is 14.9. The molecule has 4 heteroatoms. The van der Waals surface area contributed by atoms with Crippen LogP contribution in [0.25, 0.3) is 0 Å². The fraction of sp³-hybridized carbons (Fsp3) is 0.765. The number of aryl methyl sites for hydroxylation is 2. The highest BCUT2D eigenvalue weighted by Crippen LogP contribution is 2.40. The van der Waals surface area contributed by atoms with Crippen molar-refractivity contribution < 1.29 is 4.74 Å². The lowest BCUT2D eigenvalue weighted by atomic mass is 10.00. The van der Waals surface area contributed by atoms with E-state index in [0.717, 1.165) is 43.2 Å². The number of rotatable bonds is 6. The van der Waals surface area contributed by atoms with Crippen molar-refractivity contribution in [2.75, 3.05) is 6.61 Å². The quantitative estimate of drug-likeness (QED) is 0.874. The molecule has 116 valence electrons. The van der Waals surface area contributed by atoms with Crippen molar-refractivity contribution in [1.29, 1.82) is 0 Å². The fourth-order valence-corrected chi connectivity index (χ4v) is 3.39. The predicted octanol–water partition coefficient (Wildman–Crippen LogP) is 3.15. The Morgan fingerprint density at radius 2 is 1.76 bits per heavy atom. The van der Waals surface area contributed by atoms with Crippen LogP contribution in [0.15, 0.2) is 0 Å². The first-order valence-electron chi connectivity index (χ1n) is 8.36. The number of hydrogen-bond donors (Lipinski definition) is 1. The molecule has 0 unspecified atom stereocenters. The van der Waals surface area contributed by atoms with Crippen molar-refractivity contribution in [2.24, 2.45) is 0 Å². The van der Waals surface area contributed by atoms with Crippen LogP contribution in [0.4, 0.5) is 0 Å². The average Bonchev–Trinajstić information content (AvgIpc) is 3.15. The van der Waals surface area contributed by atoms with Crippen LogP contribution in [-0.4, -0.2) is 22.6 Å². The Hall–Kier alpha value is -1.00. The van der Waals surface area contributed by atoms with Crippen molar-refractivity contribution in [1.82, 2.24) is 15.3 Å². The lowest BCUT2D eigenvalue weighted by molar-refractivity contribution is -0.0459. The van der Waals surface area contributed by atoms with E-state index < -0.39 is 0 Å². The molecule has 2 saturated carbocycles. The van der Waals surface area contributed by atoms with Gasteiger partial charge in [0, 0.05) is 36.1 Å². The lowest BCUT2D eigenvalue weighted by Gasteiger charge is -2.28. The summed E-state index contributed by atoms with van der Waals surface area (Å²) in [6, 6.07) is 0.716. The molecule has 1 aromatic rings. The Morgan fingerprint density at radius 1 is 1.14 bits per heavy atom. The highest BCUT2D eigenvalue weighted by atomic mass is 16.5. The zero-order chi connectivity index (χ0) is 14.9. The summed E-state index contributed by atoms with van der Waals surface area (Å²) in [5.41, 5.74) is 3.25. The minimum Gasteiger partial charge on any atom is -0.367 e. The van der Waals surface area contributed by atoms with Gasteiger partial charge in [-0.3, -0.25) is 0 Å². The van der Waals surface area contributed by atoms with Gasteiger partial charge < -0.3 is 10.1 Å². The summed E-state index contributed by atoms with van der Waals surface area (Å²) in [4.78, 5) is 9.66. The topological polar surface area (TPSA) is 47.0 Å². The van der Waals surface area contributed by atoms with Gasteiger partial charge in [-0.25, -0.2) is 9.97 Å². The van der Waals surface area contributed by atoms with Gasteiger partial charge in [-0.2, -0.15) is 0 Å². The van der Waals surface area contributed by atoms with Crippen molar-refractivity contribution in [3.63, 3.8) is 0 Å². The van der Waals surface area contributed by atoms with Crippen LogP contribution in [-0.2, 0) is 16.9 Å². The van der Waals surface area contributed by atoms with Crippen LogP contribution in [0.3, 0.4) is 0 Å². The number of aromatic nitrogens is 2. The summed E-state index contributed by atoms with van der Waals surface area (Å²) in [5.74, 6) is 0.909. The molecule has 0 radical (unpaired) electrons. The van der Waals surface area contributed by atoms with Crippen molar-refractivity contribution in [3.8, 4) is 0 Å². The Kier molecular flexibility index (Phi) is 4.27. The van der Waals surface area contributed by atoms with Gasteiger partial charge in [-0.05, 0) is 59.3 Å². The van der Waals surface area contributed by atoms with Crippen LogP contribution >= 0.6 is 0 Å². The maximum atomic E-state index is 6.09. The minimum atomic E-state index is -0.229. The van der Waals surface area contributed by atoms with Gasteiger partial charge in [0.1, 0.15) is 5.60 Å². The smallest absolute Gasteiger partial charge is 0.160 e. The van der Waals surface area contributed by atoms with Gasteiger partial charge in [0.25, 0.3) is 0 Å². The van der Waals surface area contributed by atoms with Crippen LogP contribution in [0.5, 0.6) is 0 Å². The summed E-state index contributed by atoms with van der Waals surface area (Å²) in [7, 11) is 0. The molecular weight excluding hydrogens is 262 g/mol. The Bertz CT molecular complexity index is 482. The van der Waals surface area contributed by atoms with Crippen molar-refractivity contribution >= 4 is 0 Å². The third kappa shape index (κ3) is 3.11. The number of hydrogen-bond acceptors (Lipinski definition) is 4. The highest BCUT2D eigenvalue weighted by Gasteiger charge is 2.39. The van der Waals surface area contributed by atoms with Crippen LogP contribution in [0.2, 0.25) is 0 Å². The zero-order valence-corrected chi connectivity index (χ0v) is 13.5. The van der Waals surface area contributed by atoms with Gasteiger partial charge in [0.15, 0.2) is 5.82 Å². The molecule has 0 spiro atoms. The van der Waals surface area contributed by atoms with Gasteiger partial charge in [-0.15, -0.1) is 0 Å². The minimum absolute atomic E-state index is 0.229. The van der Waals surface area contributed by atoms with Crippen LogP contribution < -0.4 is 5.32 Å². The van der Waals surface area contributed by atoms with E-state index in [9.17, 15) is 0 Å². The molecule has 2 aliphatic rings. The van der Waals surface area contributed by atoms with E-state index >= 15 is 0 Å². The predicted molar refractivity (Wildman–Crippen MR) is 83.1 cm³/mol. The monoisotopic (exact) mass is 289 g/mol. The molecular formula is C17H27N3O. The molecule has 1 heterocycles. The molecule has 2 fully saturated rings. The van der Waals surface area contributed by atoms with Crippen molar-refractivity contribution in [3.05, 3.63) is 22.8 Å². The van der Waals surface area contributed by atoms with Gasteiger partial charge >= 0.3 is 0 Å². The molecule has 2 aliphatic carbocycles. The van der Waals surface area contributed by atoms with E-state index in [1.165, 1.54) is 31.2 Å². The standard InChI is InChI=1S/C17H27N3O/c1-4-21-17(9-5-6-10-17)16-19-12(2)15(13(3)20-16)11-18-14-7-8-14/h14,18H,4-11H2,1-3H3. The Balaban J connectivity index is 1.85. The van der Waals surface area contributed by atoms with Crippen LogP contribution in [0.1, 0.15) is 68.2 Å². The largest absolute Gasteiger partial charge is 0.367 e. The lowest BCUT2D eigenvalue weighted by Crippen LogP contribution is -2.30. The molecule has 0 saturated heterocycles. The van der Waals surface area contributed by atoms with Gasteiger partial charge in [0.2, 0.25) is 0 Å². The third-order valence-electron chi connectivity index (χ3n) is 4.80. The van der Waals surface area contributed by atoms with Gasteiger partial charge in [0.05, 0.1) is 0 Å². The van der Waals surface area contributed by atoms with Gasteiger partial charge in [-0.1, -0.05) is 0 Å². The highest BCUT2D eigenvalue weighted by molar-refractivity contribution is 5.26. The van der Waals surface area contributed by atoms with E-state index in [1.54, 1.807) is 0 Å².